The van der Waals surface area contributed by atoms with Crippen molar-refractivity contribution in [1.29, 1.82) is 0 Å². The molecular formula is C14H13NO3S. The summed E-state index contributed by atoms with van der Waals surface area (Å²) >= 11 is 1.21. The Morgan fingerprint density at radius 1 is 1.26 bits per heavy atom. The first-order chi connectivity index (χ1) is 9.09. The fourth-order valence-electron chi connectivity index (χ4n) is 1.60. The van der Waals surface area contributed by atoms with Crippen LogP contribution in [0.25, 0.3) is 0 Å². The normalized spacial score (nSPS) is 11.9. The first-order valence-corrected chi connectivity index (χ1v) is 6.68. The molecule has 0 N–H and O–H groups in total. The van der Waals surface area contributed by atoms with Gasteiger partial charge in [0.15, 0.2) is 6.10 Å². The van der Waals surface area contributed by atoms with Gasteiger partial charge < -0.3 is 4.74 Å². The second-order valence-electron chi connectivity index (χ2n) is 4.04. The van der Waals surface area contributed by atoms with Gasteiger partial charge in [0.2, 0.25) is 5.78 Å². The van der Waals surface area contributed by atoms with E-state index in [-0.39, 0.29) is 5.78 Å². The second kappa shape index (κ2) is 5.75. The minimum absolute atomic E-state index is 0.212. The third-order valence-corrected chi connectivity index (χ3v) is 3.55. The van der Waals surface area contributed by atoms with Gasteiger partial charge in [0.05, 0.1) is 11.2 Å². The zero-order valence-corrected chi connectivity index (χ0v) is 11.4. The van der Waals surface area contributed by atoms with E-state index in [2.05, 4.69) is 4.98 Å². The number of carbonyl (C=O) groups excluding carboxylic acids is 2. The Bertz CT molecular complexity index is 592. The monoisotopic (exact) mass is 275 g/mol. The van der Waals surface area contributed by atoms with Crippen molar-refractivity contribution < 1.29 is 14.3 Å². The van der Waals surface area contributed by atoms with Gasteiger partial charge in [0.1, 0.15) is 4.88 Å². The molecule has 0 aliphatic heterocycles. The van der Waals surface area contributed by atoms with E-state index in [1.807, 2.05) is 6.07 Å². The maximum Gasteiger partial charge on any atom is 0.350 e. The van der Waals surface area contributed by atoms with Crippen LogP contribution in [0.1, 0.15) is 32.6 Å². The Kier molecular flexibility index (Phi) is 4.06. The summed E-state index contributed by atoms with van der Waals surface area (Å²) in [6, 6.07) is 8.77. The molecule has 1 aromatic heterocycles. The van der Waals surface area contributed by atoms with E-state index >= 15 is 0 Å². The molecular weight excluding hydrogens is 262 g/mol. The first-order valence-electron chi connectivity index (χ1n) is 5.80. The van der Waals surface area contributed by atoms with Crippen LogP contribution in [0.3, 0.4) is 0 Å². The zero-order chi connectivity index (χ0) is 13.8. The van der Waals surface area contributed by atoms with E-state index < -0.39 is 12.1 Å². The fraction of sp³-hybridized carbons (Fsp3) is 0.214. The number of aromatic nitrogens is 1. The molecule has 2 aromatic rings. The van der Waals surface area contributed by atoms with E-state index in [9.17, 15) is 9.59 Å². The van der Waals surface area contributed by atoms with Gasteiger partial charge in [-0.15, -0.1) is 11.3 Å². The van der Waals surface area contributed by atoms with Crippen LogP contribution in [0, 0.1) is 6.92 Å². The van der Waals surface area contributed by atoms with Crippen LogP contribution >= 0.6 is 11.3 Å². The molecule has 1 atom stereocenters. The predicted molar refractivity (Wildman–Crippen MR) is 72.5 cm³/mol. The summed E-state index contributed by atoms with van der Waals surface area (Å²) in [5.41, 5.74) is 2.73. The van der Waals surface area contributed by atoms with Crippen molar-refractivity contribution in [3.05, 3.63) is 52.0 Å². The summed E-state index contributed by atoms with van der Waals surface area (Å²) in [5, 5.41) is 0. The number of benzene rings is 1. The average Bonchev–Trinajstić information content (AvgIpc) is 2.85. The van der Waals surface area contributed by atoms with Gasteiger partial charge in [0.25, 0.3) is 0 Å². The average molecular weight is 275 g/mol. The number of nitrogens with zero attached hydrogens (tertiary/aromatic N) is 1. The molecule has 2 rings (SSSR count). The summed E-state index contributed by atoms with van der Waals surface area (Å²) in [6.07, 6.45) is -0.809. The van der Waals surface area contributed by atoms with Crippen molar-refractivity contribution in [2.24, 2.45) is 0 Å². The maximum absolute atomic E-state index is 12.0. The highest BCUT2D eigenvalue weighted by atomic mass is 32.1. The first kappa shape index (κ1) is 13.4. The van der Waals surface area contributed by atoms with Crippen molar-refractivity contribution in [3.63, 3.8) is 0 Å². The number of rotatable bonds is 4. The second-order valence-corrected chi connectivity index (χ2v) is 4.90. The molecule has 4 nitrogen and oxygen atoms in total. The Labute approximate surface area is 115 Å². The number of ketones is 1. The summed E-state index contributed by atoms with van der Waals surface area (Å²) in [4.78, 5) is 28.3. The number of carbonyl (C=O) groups is 2. The standard InChI is InChI=1S/C14H13NO3S/c1-9-13(19-8-15-9)14(17)18-10(2)12(16)11-6-4-3-5-7-11/h3-8,10H,1-2H3. The smallest absolute Gasteiger partial charge is 0.350 e. The number of Topliss-reactive ketones (excluding diaryl/α,β-unsaturated/α-hetero) is 1. The quantitative estimate of drug-likeness (QED) is 0.636. The van der Waals surface area contributed by atoms with Crippen LogP contribution < -0.4 is 0 Å². The molecule has 0 aliphatic carbocycles. The minimum atomic E-state index is -0.809. The lowest BCUT2D eigenvalue weighted by atomic mass is 10.1. The summed E-state index contributed by atoms with van der Waals surface area (Å²) in [7, 11) is 0. The van der Waals surface area contributed by atoms with E-state index in [4.69, 9.17) is 4.74 Å². The minimum Gasteiger partial charge on any atom is -0.450 e. The number of hydrogen-bond acceptors (Lipinski definition) is 5. The number of aryl methyl sites for hydroxylation is 1. The zero-order valence-electron chi connectivity index (χ0n) is 10.6. The Morgan fingerprint density at radius 2 is 1.95 bits per heavy atom. The highest BCUT2D eigenvalue weighted by Gasteiger charge is 2.22. The Morgan fingerprint density at radius 3 is 2.53 bits per heavy atom. The van der Waals surface area contributed by atoms with Crippen molar-refractivity contribution in [2.45, 2.75) is 20.0 Å². The third-order valence-electron chi connectivity index (χ3n) is 2.64. The van der Waals surface area contributed by atoms with Crippen molar-refractivity contribution >= 4 is 23.1 Å². The molecule has 98 valence electrons. The number of ether oxygens (including phenoxy) is 1. The van der Waals surface area contributed by atoms with Gasteiger partial charge >= 0.3 is 5.97 Å². The summed E-state index contributed by atoms with van der Waals surface area (Å²) in [6.45, 7) is 3.31. The van der Waals surface area contributed by atoms with Crippen molar-refractivity contribution in [2.75, 3.05) is 0 Å². The van der Waals surface area contributed by atoms with Crippen LogP contribution in [0.2, 0.25) is 0 Å². The van der Waals surface area contributed by atoms with Gasteiger partial charge in [0, 0.05) is 5.56 Å². The van der Waals surface area contributed by atoms with Gasteiger partial charge in [-0.2, -0.15) is 0 Å². The van der Waals surface area contributed by atoms with Crippen molar-refractivity contribution in [1.82, 2.24) is 4.98 Å². The molecule has 1 aromatic carbocycles. The molecule has 0 bridgehead atoms. The molecule has 0 amide bonds. The number of thiazole rings is 1. The molecule has 0 fully saturated rings. The SMILES string of the molecule is Cc1ncsc1C(=O)OC(C)C(=O)c1ccccc1. The van der Waals surface area contributed by atoms with Crippen LogP contribution in [0.5, 0.6) is 0 Å². The lowest BCUT2D eigenvalue weighted by molar-refractivity contribution is 0.0322. The number of hydrogen-bond donors (Lipinski definition) is 0. The Hall–Kier alpha value is -2.01. The van der Waals surface area contributed by atoms with Crippen LogP contribution in [-0.2, 0) is 4.74 Å². The lowest BCUT2D eigenvalue weighted by Crippen LogP contribution is -2.24. The van der Waals surface area contributed by atoms with Crippen LogP contribution in [0.15, 0.2) is 35.8 Å². The van der Waals surface area contributed by atoms with Gasteiger partial charge in [-0.05, 0) is 13.8 Å². The topological polar surface area (TPSA) is 56.3 Å². The molecule has 0 radical (unpaired) electrons. The fourth-order valence-corrected chi connectivity index (χ4v) is 2.29. The highest BCUT2D eigenvalue weighted by Crippen LogP contribution is 2.15. The van der Waals surface area contributed by atoms with Crippen molar-refractivity contribution in [3.8, 4) is 0 Å². The highest BCUT2D eigenvalue weighted by molar-refractivity contribution is 7.11. The van der Waals surface area contributed by atoms with Gasteiger partial charge in [-0.3, -0.25) is 4.79 Å². The summed E-state index contributed by atoms with van der Waals surface area (Å²) < 4.78 is 5.17. The van der Waals surface area contributed by atoms with Crippen LogP contribution in [0.4, 0.5) is 0 Å². The molecule has 0 saturated heterocycles. The predicted octanol–water partition coefficient (Wildman–Crippen LogP) is 2.88. The maximum atomic E-state index is 12.0. The Balaban J connectivity index is 2.06. The molecule has 1 heterocycles. The van der Waals surface area contributed by atoms with Gasteiger partial charge in [-0.25, -0.2) is 9.78 Å². The summed E-state index contributed by atoms with van der Waals surface area (Å²) in [5.74, 6) is -0.715. The van der Waals surface area contributed by atoms with E-state index in [1.54, 1.807) is 43.6 Å². The van der Waals surface area contributed by atoms with Gasteiger partial charge in [-0.1, -0.05) is 30.3 Å². The molecule has 0 spiro atoms. The van der Waals surface area contributed by atoms with E-state index in [0.717, 1.165) is 0 Å². The molecule has 1 unspecified atom stereocenters. The van der Waals surface area contributed by atoms with Crippen LogP contribution in [-0.4, -0.2) is 22.8 Å². The molecule has 5 heteroatoms. The lowest BCUT2D eigenvalue weighted by Gasteiger charge is -2.11. The molecule has 0 aliphatic rings. The van der Waals surface area contributed by atoms with E-state index in [0.29, 0.717) is 16.1 Å². The third kappa shape index (κ3) is 3.06. The number of esters is 1. The largest absolute Gasteiger partial charge is 0.450 e. The van der Waals surface area contributed by atoms with E-state index in [1.165, 1.54) is 11.3 Å². The molecule has 19 heavy (non-hydrogen) atoms. The molecule has 0 saturated carbocycles.